The van der Waals surface area contributed by atoms with Crippen molar-refractivity contribution in [1.29, 1.82) is 0 Å². The number of nitrogens with one attached hydrogen (secondary N) is 1. The second-order valence-corrected chi connectivity index (χ2v) is 8.66. The monoisotopic (exact) mass is 502 g/mol. The predicted octanol–water partition coefficient (Wildman–Crippen LogP) is 5.04. The van der Waals surface area contributed by atoms with Gasteiger partial charge in [-0.25, -0.2) is 0 Å². The molecule has 2 atom stereocenters. The molecule has 1 fully saturated rings. The van der Waals surface area contributed by atoms with Gasteiger partial charge in [0.1, 0.15) is 6.54 Å². The molecular formula is C25H25F3N4O2S. The van der Waals surface area contributed by atoms with Gasteiger partial charge in [-0.15, -0.1) is 0 Å². The number of carbonyl (C=O) groups excluding carboxylic acids is 1. The minimum Gasteiger partial charge on any atom is -0.465 e. The van der Waals surface area contributed by atoms with Crippen molar-refractivity contribution in [2.24, 2.45) is 0 Å². The predicted molar refractivity (Wildman–Crippen MR) is 129 cm³/mol. The number of hydrogen-bond donors (Lipinski definition) is 1. The fourth-order valence-electron chi connectivity index (χ4n) is 4.57. The summed E-state index contributed by atoms with van der Waals surface area (Å²) in [6, 6.07) is 11.9. The van der Waals surface area contributed by atoms with Gasteiger partial charge < -0.3 is 19.5 Å². The Kier molecular flexibility index (Phi) is 6.84. The number of aromatic nitrogens is 2. The lowest BCUT2D eigenvalue weighted by molar-refractivity contribution is -0.143. The molecule has 3 heterocycles. The zero-order valence-corrected chi connectivity index (χ0v) is 20.3. The van der Waals surface area contributed by atoms with Crippen LogP contribution in [0.5, 0.6) is 0 Å². The molecule has 35 heavy (non-hydrogen) atoms. The third-order valence-electron chi connectivity index (χ3n) is 6.02. The Balaban J connectivity index is 1.82. The van der Waals surface area contributed by atoms with Crippen molar-refractivity contribution in [3.63, 3.8) is 0 Å². The Labute approximate surface area is 206 Å². The number of hydrogen-bond acceptors (Lipinski definition) is 4. The first-order valence-corrected chi connectivity index (χ1v) is 11.5. The first-order chi connectivity index (χ1) is 16.6. The highest BCUT2D eigenvalue weighted by Crippen LogP contribution is 2.41. The molecule has 1 N–H and O–H groups in total. The molecule has 10 heteroatoms. The van der Waals surface area contributed by atoms with E-state index in [0.717, 1.165) is 34.8 Å². The number of carbonyl (C=O) groups is 1. The molecular weight excluding hydrogens is 477 g/mol. The van der Waals surface area contributed by atoms with E-state index in [1.165, 1.54) is 6.07 Å². The van der Waals surface area contributed by atoms with Crippen molar-refractivity contribution >= 4 is 23.3 Å². The average Bonchev–Trinajstić information content (AvgIpc) is 3.29. The molecule has 0 amide bonds. The van der Waals surface area contributed by atoms with Gasteiger partial charge in [0.15, 0.2) is 5.11 Å². The molecule has 0 radical (unpaired) electrons. The normalized spacial score (nSPS) is 18.0. The molecule has 1 aliphatic rings. The van der Waals surface area contributed by atoms with Crippen molar-refractivity contribution in [2.45, 2.75) is 39.0 Å². The van der Waals surface area contributed by atoms with Crippen molar-refractivity contribution in [3.05, 3.63) is 82.9 Å². The van der Waals surface area contributed by atoms with E-state index in [1.807, 2.05) is 38.1 Å². The van der Waals surface area contributed by atoms with Crippen LogP contribution in [0.15, 0.2) is 54.7 Å². The molecule has 184 valence electrons. The maximum Gasteiger partial charge on any atom is 0.416 e. The SMILES string of the molecule is CCOC(=O)CN1C(=S)N[C@H](c2ccccn2)[C@@H]1c1cc(C)n(-c2cccc(C(F)(F)F)c2)c1C. The topological polar surface area (TPSA) is 59.4 Å². The minimum absolute atomic E-state index is 0.0686. The fraction of sp³-hybridized carbons (Fsp3) is 0.320. The van der Waals surface area contributed by atoms with Crippen molar-refractivity contribution in [3.8, 4) is 5.69 Å². The van der Waals surface area contributed by atoms with Crippen LogP contribution in [0.25, 0.3) is 5.69 Å². The first kappa shape index (κ1) is 24.7. The summed E-state index contributed by atoms with van der Waals surface area (Å²) in [6.07, 6.45) is -2.77. The lowest BCUT2D eigenvalue weighted by atomic mass is 9.97. The highest BCUT2D eigenvalue weighted by Gasteiger charge is 2.42. The Morgan fingerprint density at radius 2 is 1.94 bits per heavy atom. The number of esters is 1. The number of nitrogens with zero attached hydrogens (tertiary/aromatic N) is 3. The number of ether oxygens (including phenoxy) is 1. The Hall–Kier alpha value is -3.40. The van der Waals surface area contributed by atoms with Crippen LogP contribution in [0.2, 0.25) is 0 Å². The fourth-order valence-corrected chi connectivity index (χ4v) is 4.87. The summed E-state index contributed by atoms with van der Waals surface area (Å²) in [5.74, 6) is -0.421. The van der Waals surface area contributed by atoms with E-state index in [1.54, 1.807) is 28.7 Å². The highest BCUT2D eigenvalue weighted by atomic mass is 32.1. The van der Waals surface area contributed by atoms with E-state index in [2.05, 4.69) is 10.3 Å². The highest BCUT2D eigenvalue weighted by molar-refractivity contribution is 7.80. The Morgan fingerprint density at radius 3 is 2.60 bits per heavy atom. The number of benzene rings is 1. The van der Waals surface area contributed by atoms with Gasteiger partial charge in [-0.2, -0.15) is 13.2 Å². The summed E-state index contributed by atoms with van der Waals surface area (Å²) in [6.45, 7) is 5.59. The molecule has 6 nitrogen and oxygen atoms in total. The summed E-state index contributed by atoms with van der Waals surface area (Å²) < 4.78 is 47.0. The zero-order chi connectivity index (χ0) is 25.3. The van der Waals surface area contributed by atoms with E-state index in [4.69, 9.17) is 17.0 Å². The van der Waals surface area contributed by atoms with E-state index in [9.17, 15) is 18.0 Å². The molecule has 2 aromatic heterocycles. The number of rotatable bonds is 6. The molecule has 0 bridgehead atoms. The third kappa shape index (κ3) is 4.88. The summed E-state index contributed by atoms with van der Waals surface area (Å²) in [7, 11) is 0. The minimum atomic E-state index is -4.45. The first-order valence-electron chi connectivity index (χ1n) is 11.1. The average molecular weight is 503 g/mol. The standard InChI is InChI=1S/C25H25F3N4O2S/c1-4-34-21(33)14-31-23(22(30-24(31)35)20-10-5-6-11-29-20)19-12-15(2)32(16(19)3)18-9-7-8-17(13-18)25(26,27)28/h5-13,22-23H,4,14H2,1-3H3,(H,30,35)/t22-,23+/m1/s1. The van der Waals surface area contributed by atoms with Crippen molar-refractivity contribution in [1.82, 2.24) is 19.8 Å². The van der Waals surface area contributed by atoms with Gasteiger partial charge in [0, 0.05) is 23.3 Å². The van der Waals surface area contributed by atoms with Crippen LogP contribution in [-0.4, -0.2) is 38.7 Å². The van der Waals surface area contributed by atoms with Gasteiger partial charge in [0.05, 0.1) is 29.9 Å². The lowest BCUT2D eigenvalue weighted by Gasteiger charge is -2.27. The molecule has 0 spiro atoms. The summed E-state index contributed by atoms with van der Waals surface area (Å²) >= 11 is 5.58. The van der Waals surface area contributed by atoms with Gasteiger partial charge in [-0.3, -0.25) is 9.78 Å². The molecule has 1 aliphatic heterocycles. The maximum absolute atomic E-state index is 13.4. The maximum atomic E-state index is 13.4. The van der Waals surface area contributed by atoms with E-state index < -0.39 is 23.8 Å². The molecule has 3 aromatic rings. The van der Waals surface area contributed by atoms with Gasteiger partial charge in [-0.1, -0.05) is 12.1 Å². The van der Waals surface area contributed by atoms with Gasteiger partial charge in [-0.05, 0) is 75.0 Å². The number of halogens is 3. The molecule has 0 aliphatic carbocycles. The van der Waals surface area contributed by atoms with E-state index in [0.29, 0.717) is 10.8 Å². The second kappa shape index (κ2) is 9.69. The van der Waals surface area contributed by atoms with E-state index >= 15 is 0 Å². The largest absolute Gasteiger partial charge is 0.465 e. The summed E-state index contributed by atoms with van der Waals surface area (Å²) in [5.41, 5.74) is 2.74. The molecule has 0 saturated carbocycles. The van der Waals surface area contributed by atoms with Gasteiger partial charge in [0.25, 0.3) is 0 Å². The number of pyridine rings is 1. The summed E-state index contributed by atoms with van der Waals surface area (Å²) in [5, 5.41) is 3.65. The molecule has 1 aromatic carbocycles. The summed E-state index contributed by atoms with van der Waals surface area (Å²) in [4.78, 5) is 18.6. The van der Waals surface area contributed by atoms with Crippen LogP contribution in [0.4, 0.5) is 13.2 Å². The van der Waals surface area contributed by atoms with Crippen LogP contribution in [0.1, 0.15) is 47.2 Å². The third-order valence-corrected chi connectivity index (χ3v) is 6.38. The van der Waals surface area contributed by atoms with Crippen LogP contribution < -0.4 is 5.32 Å². The molecule has 4 rings (SSSR count). The van der Waals surface area contributed by atoms with Crippen molar-refractivity contribution in [2.75, 3.05) is 13.2 Å². The lowest BCUT2D eigenvalue weighted by Crippen LogP contribution is -2.35. The second-order valence-electron chi connectivity index (χ2n) is 8.27. The van der Waals surface area contributed by atoms with E-state index in [-0.39, 0.29) is 19.2 Å². The van der Waals surface area contributed by atoms with Crippen LogP contribution in [-0.2, 0) is 15.7 Å². The number of aryl methyl sites for hydroxylation is 1. The quantitative estimate of drug-likeness (QED) is 0.376. The van der Waals surface area contributed by atoms with Gasteiger partial charge >= 0.3 is 12.1 Å². The van der Waals surface area contributed by atoms with Crippen LogP contribution in [0, 0.1) is 13.8 Å². The van der Waals surface area contributed by atoms with Gasteiger partial charge in [0.2, 0.25) is 0 Å². The number of thiocarbonyl (C=S) groups is 1. The van der Waals surface area contributed by atoms with Crippen LogP contribution >= 0.6 is 12.2 Å². The number of alkyl halides is 3. The molecule has 0 unspecified atom stereocenters. The molecule has 1 saturated heterocycles. The van der Waals surface area contributed by atoms with Crippen molar-refractivity contribution < 1.29 is 22.7 Å². The zero-order valence-electron chi connectivity index (χ0n) is 19.5. The smallest absolute Gasteiger partial charge is 0.416 e. The Morgan fingerprint density at radius 1 is 1.17 bits per heavy atom. The van der Waals surface area contributed by atoms with Crippen LogP contribution in [0.3, 0.4) is 0 Å². The Bertz CT molecular complexity index is 1240.